The molecule has 1 amide bonds. The Labute approximate surface area is 141 Å². The summed E-state index contributed by atoms with van der Waals surface area (Å²) in [6, 6.07) is 5.55. The predicted octanol–water partition coefficient (Wildman–Crippen LogP) is 2.17. The van der Waals surface area contributed by atoms with Gasteiger partial charge in [-0.05, 0) is 44.9 Å². The molecular formula is C18H24N4O2. The second kappa shape index (κ2) is 6.36. The molecule has 24 heavy (non-hydrogen) atoms. The van der Waals surface area contributed by atoms with E-state index < -0.39 is 0 Å². The number of aromatic nitrogens is 3. The van der Waals surface area contributed by atoms with Gasteiger partial charge >= 0.3 is 0 Å². The molecule has 128 valence electrons. The minimum atomic E-state index is -0.229. The van der Waals surface area contributed by atoms with Crippen molar-refractivity contribution in [1.82, 2.24) is 20.1 Å². The molecule has 3 rings (SSSR count). The average molecular weight is 328 g/mol. The van der Waals surface area contributed by atoms with Crippen molar-refractivity contribution < 1.29 is 9.90 Å². The highest BCUT2D eigenvalue weighted by Crippen LogP contribution is 2.37. The quantitative estimate of drug-likeness (QED) is 0.901. The third kappa shape index (κ3) is 3.06. The molecule has 6 nitrogen and oxygen atoms in total. The molecule has 1 saturated carbocycles. The van der Waals surface area contributed by atoms with Crippen LogP contribution >= 0.6 is 0 Å². The number of rotatable bonds is 4. The molecule has 1 aliphatic carbocycles. The Morgan fingerprint density at radius 2 is 2.25 bits per heavy atom. The van der Waals surface area contributed by atoms with E-state index in [0.717, 1.165) is 30.7 Å². The second-order valence-electron chi connectivity index (χ2n) is 6.97. The number of nitrogens with one attached hydrogen (secondary N) is 1. The van der Waals surface area contributed by atoms with Crippen LogP contribution in [0.1, 0.15) is 47.9 Å². The van der Waals surface area contributed by atoms with Gasteiger partial charge in [-0.15, -0.1) is 0 Å². The van der Waals surface area contributed by atoms with Crippen molar-refractivity contribution in [2.24, 2.45) is 5.41 Å². The van der Waals surface area contributed by atoms with E-state index >= 15 is 0 Å². The van der Waals surface area contributed by atoms with Crippen LogP contribution in [0.2, 0.25) is 0 Å². The van der Waals surface area contributed by atoms with E-state index in [1.54, 1.807) is 23.0 Å². The van der Waals surface area contributed by atoms with Gasteiger partial charge in [0.05, 0.1) is 17.9 Å². The zero-order valence-corrected chi connectivity index (χ0v) is 14.4. The topological polar surface area (TPSA) is 80.0 Å². The number of nitrogens with zero attached hydrogens (tertiary/aromatic N) is 3. The minimum absolute atomic E-state index is 0.00526. The van der Waals surface area contributed by atoms with Gasteiger partial charge in [0.15, 0.2) is 5.82 Å². The zero-order valence-electron chi connectivity index (χ0n) is 14.4. The second-order valence-corrected chi connectivity index (χ2v) is 6.97. The third-order valence-corrected chi connectivity index (χ3v) is 4.99. The Morgan fingerprint density at radius 3 is 2.83 bits per heavy atom. The normalized spacial score (nSPS) is 23.4. The van der Waals surface area contributed by atoms with Gasteiger partial charge in [-0.2, -0.15) is 5.10 Å². The maximum atomic E-state index is 12.5. The minimum Gasteiger partial charge on any atom is -0.396 e. The summed E-state index contributed by atoms with van der Waals surface area (Å²) in [6.07, 6.45) is 4.44. The Balaban J connectivity index is 1.74. The van der Waals surface area contributed by atoms with Crippen molar-refractivity contribution in [3.63, 3.8) is 0 Å². The first-order valence-corrected chi connectivity index (χ1v) is 8.34. The Kier molecular flexibility index (Phi) is 4.41. The van der Waals surface area contributed by atoms with E-state index in [1.165, 1.54) is 0 Å². The molecule has 1 fully saturated rings. The van der Waals surface area contributed by atoms with E-state index in [1.807, 2.05) is 26.8 Å². The van der Waals surface area contributed by atoms with Gasteiger partial charge in [0.2, 0.25) is 0 Å². The summed E-state index contributed by atoms with van der Waals surface area (Å²) in [5.74, 6) is 0.548. The number of carbonyl (C=O) groups is 1. The van der Waals surface area contributed by atoms with Crippen molar-refractivity contribution in [1.29, 1.82) is 0 Å². The molecule has 0 aliphatic heterocycles. The highest BCUT2D eigenvalue weighted by Gasteiger charge is 2.39. The maximum absolute atomic E-state index is 12.5. The Morgan fingerprint density at radius 1 is 1.46 bits per heavy atom. The Bertz CT molecular complexity index is 738. The molecule has 2 unspecified atom stereocenters. The number of aryl methyl sites for hydroxylation is 2. The number of hydrogen-bond acceptors (Lipinski definition) is 4. The average Bonchev–Trinajstić information content (AvgIpc) is 3.10. The van der Waals surface area contributed by atoms with Gasteiger partial charge in [-0.25, -0.2) is 9.67 Å². The van der Waals surface area contributed by atoms with Crippen molar-refractivity contribution in [3.8, 4) is 5.82 Å². The largest absolute Gasteiger partial charge is 0.396 e. The lowest BCUT2D eigenvalue weighted by Crippen LogP contribution is -2.44. The van der Waals surface area contributed by atoms with Crippen LogP contribution in [0.5, 0.6) is 0 Å². The zero-order chi connectivity index (χ0) is 17.3. The number of pyridine rings is 1. The molecule has 2 aromatic rings. The molecule has 1 aliphatic rings. The summed E-state index contributed by atoms with van der Waals surface area (Å²) in [7, 11) is 0. The lowest BCUT2D eigenvalue weighted by molar-refractivity contribution is 0.0830. The fraction of sp³-hybridized carbons (Fsp3) is 0.500. The number of carbonyl (C=O) groups excluding carboxylic acids is 1. The lowest BCUT2D eigenvalue weighted by atomic mass is 9.85. The van der Waals surface area contributed by atoms with E-state index in [4.69, 9.17) is 0 Å². The standard InChI is InChI=1S/C18H24N4O2/c1-12-9-13(2)22(21-12)16-7-6-14(10-19-16)17(24)20-15-5-4-8-18(15,3)11-23/h6-7,9-10,15,23H,4-5,8,11H2,1-3H3,(H,20,24). The van der Waals surface area contributed by atoms with Gasteiger partial charge < -0.3 is 10.4 Å². The first-order chi connectivity index (χ1) is 11.4. The highest BCUT2D eigenvalue weighted by molar-refractivity contribution is 5.94. The number of hydrogen-bond donors (Lipinski definition) is 2. The van der Waals surface area contributed by atoms with E-state index in [-0.39, 0.29) is 24.0 Å². The summed E-state index contributed by atoms with van der Waals surface area (Å²) in [5.41, 5.74) is 2.22. The molecule has 0 aromatic carbocycles. The summed E-state index contributed by atoms with van der Waals surface area (Å²) in [5, 5.41) is 17.0. The van der Waals surface area contributed by atoms with Gasteiger partial charge in [0.25, 0.3) is 5.91 Å². The molecule has 2 atom stereocenters. The predicted molar refractivity (Wildman–Crippen MR) is 91.1 cm³/mol. The fourth-order valence-electron chi connectivity index (χ4n) is 3.42. The van der Waals surface area contributed by atoms with Crippen molar-refractivity contribution in [2.75, 3.05) is 6.61 Å². The monoisotopic (exact) mass is 328 g/mol. The number of aliphatic hydroxyl groups is 1. The van der Waals surface area contributed by atoms with Crippen LogP contribution in [0, 0.1) is 19.3 Å². The van der Waals surface area contributed by atoms with E-state index in [9.17, 15) is 9.90 Å². The molecule has 2 N–H and O–H groups in total. The van der Waals surface area contributed by atoms with Crippen LogP contribution in [-0.4, -0.2) is 38.4 Å². The molecule has 0 bridgehead atoms. The summed E-state index contributed by atoms with van der Waals surface area (Å²) < 4.78 is 1.76. The first-order valence-electron chi connectivity index (χ1n) is 8.34. The highest BCUT2D eigenvalue weighted by atomic mass is 16.3. The number of amides is 1. The molecular weight excluding hydrogens is 304 g/mol. The molecule has 0 saturated heterocycles. The van der Waals surface area contributed by atoms with Crippen LogP contribution in [0.4, 0.5) is 0 Å². The van der Waals surface area contributed by atoms with Crippen LogP contribution in [0.3, 0.4) is 0 Å². The number of aliphatic hydroxyl groups excluding tert-OH is 1. The van der Waals surface area contributed by atoms with Gasteiger partial charge in [-0.3, -0.25) is 4.79 Å². The van der Waals surface area contributed by atoms with Crippen LogP contribution in [0.15, 0.2) is 24.4 Å². The van der Waals surface area contributed by atoms with Gasteiger partial charge in [0, 0.05) is 23.3 Å². The van der Waals surface area contributed by atoms with E-state index in [2.05, 4.69) is 15.4 Å². The molecule has 0 radical (unpaired) electrons. The van der Waals surface area contributed by atoms with Crippen molar-refractivity contribution in [3.05, 3.63) is 41.3 Å². The van der Waals surface area contributed by atoms with Crippen LogP contribution < -0.4 is 5.32 Å². The Hall–Kier alpha value is -2.21. The first kappa shape index (κ1) is 16.6. The smallest absolute Gasteiger partial charge is 0.253 e. The fourth-order valence-corrected chi connectivity index (χ4v) is 3.42. The van der Waals surface area contributed by atoms with Crippen molar-refractivity contribution in [2.45, 2.75) is 46.1 Å². The molecule has 2 heterocycles. The molecule has 2 aromatic heterocycles. The maximum Gasteiger partial charge on any atom is 0.253 e. The van der Waals surface area contributed by atoms with Crippen LogP contribution in [-0.2, 0) is 0 Å². The van der Waals surface area contributed by atoms with Crippen LogP contribution in [0.25, 0.3) is 5.82 Å². The summed E-state index contributed by atoms with van der Waals surface area (Å²) >= 11 is 0. The summed E-state index contributed by atoms with van der Waals surface area (Å²) in [4.78, 5) is 16.8. The lowest BCUT2D eigenvalue weighted by Gasteiger charge is -2.30. The third-order valence-electron chi connectivity index (χ3n) is 4.99. The van der Waals surface area contributed by atoms with Gasteiger partial charge in [0.1, 0.15) is 0 Å². The molecule has 6 heteroatoms. The SMILES string of the molecule is Cc1cc(C)n(-c2ccc(C(=O)NC3CCCC3(C)CO)cn2)n1. The summed E-state index contributed by atoms with van der Waals surface area (Å²) in [6.45, 7) is 6.02. The van der Waals surface area contributed by atoms with Crippen molar-refractivity contribution >= 4 is 5.91 Å². The van der Waals surface area contributed by atoms with Gasteiger partial charge in [-0.1, -0.05) is 13.3 Å². The molecule has 0 spiro atoms. The van der Waals surface area contributed by atoms with E-state index in [0.29, 0.717) is 11.4 Å².